The summed E-state index contributed by atoms with van der Waals surface area (Å²) in [5.41, 5.74) is 11.6. The Morgan fingerprint density at radius 2 is 0.810 bits per heavy atom. The van der Waals surface area contributed by atoms with Crippen LogP contribution in [0.5, 0.6) is 0 Å². The molecule has 9 aromatic rings. The molecule has 0 aliphatic rings. The van der Waals surface area contributed by atoms with Crippen LogP contribution < -0.4 is 0 Å². The van der Waals surface area contributed by atoms with E-state index in [1.54, 1.807) is 0 Å². The third-order valence-corrected chi connectivity index (χ3v) is 8.33. The Morgan fingerprint density at radius 3 is 1.26 bits per heavy atom. The molecule has 200 valence electrons. The normalized spacial score (nSPS) is 11.9. The van der Waals surface area contributed by atoms with Crippen molar-refractivity contribution in [2.75, 3.05) is 0 Å². The maximum atomic E-state index is 6.73. The van der Waals surface area contributed by atoms with Gasteiger partial charge < -0.3 is 22.5 Å². The standard InChI is InChI=1S/C37H25N3O2/c1-38-34-26(20-22-30-36(34)41-32-18-10-8-16-28(32)39(30)24-12-4-2-5-13-24)27-21-23-31-37(35(27)38)42-33-19-11-9-17-29(33)40(31)25-14-6-3-7-15-25/h2-23H,1H3. The van der Waals surface area contributed by atoms with Gasteiger partial charge in [0.1, 0.15) is 0 Å². The number of nitrogens with zero attached hydrogens (tertiary/aromatic N) is 3. The minimum Gasteiger partial charge on any atom is -0.451 e. The van der Waals surface area contributed by atoms with Gasteiger partial charge in [0.15, 0.2) is 22.3 Å². The van der Waals surface area contributed by atoms with Gasteiger partial charge in [-0.2, -0.15) is 0 Å². The van der Waals surface area contributed by atoms with E-state index in [1.807, 2.05) is 36.4 Å². The Kier molecular flexibility index (Phi) is 4.75. The highest BCUT2D eigenvalue weighted by atomic mass is 16.3. The van der Waals surface area contributed by atoms with E-state index in [0.29, 0.717) is 0 Å². The number of benzene rings is 6. The van der Waals surface area contributed by atoms with Crippen molar-refractivity contribution >= 4 is 66.2 Å². The Morgan fingerprint density at radius 1 is 0.405 bits per heavy atom. The van der Waals surface area contributed by atoms with E-state index in [1.165, 1.54) is 0 Å². The zero-order chi connectivity index (χ0) is 27.8. The molecule has 0 aliphatic heterocycles. The molecule has 0 bridgehead atoms. The van der Waals surface area contributed by atoms with Gasteiger partial charge in [0, 0.05) is 29.2 Å². The molecule has 0 radical (unpaired) electrons. The van der Waals surface area contributed by atoms with Gasteiger partial charge in [0.25, 0.3) is 0 Å². The largest absolute Gasteiger partial charge is 0.451 e. The molecule has 0 N–H and O–H groups in total. The van der Waals surface area contributed by atoms with E-state index >= 15 is 0 Å². The van der Waals surface area contributed by atoms with Crippen LogP contribution in [-0.2, 0) is 7.05 Å². The van der Waals surface area contributed by atoms with Crippen LogP contribution in [0.4, 0.5) is 0 Å². The molecule has 6 aromatic carbocycles. The van der Waals surface area contributed by atoms with Crippen molar-refractivity contribution in [2.24, 2.45) is 7.05 Å². The van der Waals surface area contributed by atoms with Crippen LogP contribution in [0.15, 0.2) is 142 Å². The van der Waals surface area contributed by atoms with Gasteiger partial charge in [-0.3, -0.25) is 0 Å². The smallest absolute Gasteiger partial charge is 0.175 e. The van der Waals surface area contributed by atoms with E-state index in [0.717, 1.165) is 77.6 Å². The van der Waals surface area contributed by atoms with Gasteiger partial charge in [-0.25, -0.2) is 0 Å². The lowest BCUT2D eigenvalue weighted by molar-refractivity contribution is 0.652. The molecule has 3 heterocycles. The predicted octanol–water partition coefficient (Wildman–Crippen LogP) is 9.84. The second kappa shape index (κ2) is 8.66. The Hall–Kier alpha value is -5.68. The quantitative estimate of drug-likeness (QED) is 0.204. The number of aromatic nitrogens is 3. The highest BCUT2D eigenvalue weighted by Crippen LogP contribution is 2.40. The molecule has 0 saturated carbocycles. The maximum absolute atomic E-state index is 6.73. The molecular formula is C37H25N3O2. The Labute approximate surface area is 240 Å². The Balaban J connectivity index is 1.47. The van der Waals surface area contributed by atoms with Gasteiger partial charge in [-0.05, 0) is 72.8 Å². The molecule has 5 nitrogen and oxygen atoms in total. The van der Waals surface area contributed by atoms with Crippen molar-refractivity contribution in [1.29, 1.82) is 0 Å². The monoisotopic (exact) mass is 543 g/mol. The first-order valence-electron chi connectivity index (χ1n) is 14.1. The number of hydrogen-bond acceptors (Lipinski definition) is 2. The summed E-state index contributed by atoms with van der Waals surface area (Å²) in [7, 11) is 2.11. The number of fused-ring (bicyclic) bond motifs is 9. The zero-order valence-corrected chi connectivity index (χ0v) is 22.9. The number of hydrogen-bond donors (Lipinski definition) is 0. The highest BCUT2D eigenvalue weighted by molar-refractivity contribution is 6.21. The fraction of sp³-hybridized carbons (Fsp3) is 0.0270. The first-order valence-corrected chi connectivity index (χ1v) is 14.1. The average Bonchev–Trinajstić information content (AvgIpc) is 3.35. The third kappa shape index (κ3) is 3.13. The fourth-order valence-corrected chi connectivity index (χ4v) is 6.53. The Bertz CT molecular complexity index is 2340. The molecule has 5 heteroatoms. The topological polar surface area (TPSA) is 41.1 Å². The lowest BCUT2D eigenvalue weighted by Crippen LogP contribution is -2.01. The summed E-state index contributed by atoms with van der Waals surface area (Å²) in [5, 5.41) is 2.24. The first-order chi connectivity index (χ1) is 20.8. The molecule has 0 amide bonds. The van der Waals surface area contributed by atoms with Gasteiger partial charge in [0.05, 0.1) is 33.1 Å². The molecule has 0 unspecified atom stereocenters. The lowest BCUT2D eigenvalue weighted by atomic mass is 10.1. The van der Waals surface area contributed by atoms with Crippen molar-refractivity contribution in [3.8, 4) is 11.4 Å². The summed E-state index contributed by atoms with van der Waals surface area (Å²) in [5.74, 6) is 0. The molecule has 0 aliphatic carbocycles. The summed E-state index contributed by atoms with van der Waals surface area (Å²) in [6.07, 6.45) is 0. The van der Waals surface area contributed by atoms with E-state index < -0.39 is 0 Å². The second-order valence-electron chi connectivity index (χ2n) is 10.7. The summed E-state index contributed by atoms with van der Waals surface area (Å²) in [6, 6.07) is 46.1. The predicted molar refractivity (Wildman–Crippen MR) is 171 cm³/mol. The molecule has 0 fully saturated rings. The van der Waals surface area contributed by atoms with Crippen molar-refractivity contribution in [1.82, 2.24) is 13.7 Å². The van der Waals surface area contributed by atoms with Gasteiger partial charge in [-0.15, -0.1) is 0 Å². The van der Waals surface area contributed by atoms with Crippen LogP contribution in [-0.4, -0.2) is 13.7 Å². The van der Waals surface area contributed by atoms with Crippen molar-refractivity contribution < 1.29 is 8.83 Å². The molecule has 42 heavy (non-hydrogen) atoms. The summed E-state index contributed by atoms with van der Waals surface area (Å²) < 4.78 is 20.3. The summed E-state index contributed by atoms with van der Waals surface area (Å²) >= 11 is 0. The van der Waals surface area contributed by atoms with Crippen molar-refractivity contribution in [3.05, 3.63) is 133 Å². The first kappa shape index (κ1) is 23.1. The molecule has 0 spiro atoms. The lowest BCUT2D eigenvalue weighted by Gasteiger charge is -2.16. The number of aryl methyl sites for hydroxylation is 1. The average molecular weight is 544 g/mol. The molecule has 0 saturated heterocycles. The van der Waals surface area contributed by atoms with Crippen LogP contribution in [0.25, 0.3) is 77.6 Å². The van der Waals surface area contributed by atoms with Gasteiger partial charge in [0.2, 0.25) is 0 Å². The minimum atomic E-state index is 0.828. The second-order valence-corrected chi connectivity index (χ2v) is 10.7. The molecule has 3 aromatic heterocycles. The minimum absolute atomic E-state index is 0.828. The van der Waals surface area contributed by atoms with E-state index in [-0.39, 0.29) is 0 Å². The fourth-order valence-electron chi connectivity index (χ4n) is 6.53. The van der Waals surface area contributed by atoms with Crippen LogP contribution in [0.2, 0.25) is 0 Å². The highest BCUT2D eigenvalue weighted by Gasteiger charge is 2.21. The van der Waals surface area contributed by atoms with Crippen molar-refractivity contribution in [3.63, 3.8) is 0 Å². The summed E-state index contributed by atoms with van der Waals surface area (Å²) in [4.78, 5) is 0. The van der Waals surface area contributed by atoms with E-state index in [9.17, 15) is 0 Å². The van der Waals surface area contributed by atoms with Crippen LogP contribution >= 0.6 is 0 Å². The number of para-hydroxylation sites is 6. The van der Waals surface area contributed by atoms with Crippen molar-refractivity contribution in [2.45, 2.75) is 0 Å². The van der Waals surface area contributed by atoms with E-state index in [4.69, 9.17) is 8.83 Å². The molecule has 9 rings (SSSR count). The zero-order valence-electron chi connectivity index (χ0n) is 22.9. The third-order valence-electron chi connectivity index (χ3n) is 8.33. The maximum Gasteiger partial charge on any atom is 0.175 e. The SMILES string of the molecule is Cn1c2c(ccc3c2oc2ccccc2n3-c2ccccc2)c2ccc3c(oc4ccccc4n3-c3ccccc3)c21. The van der Waals surface area contributed by atoms with Gasteiger partial charge >= 0.3 is 0 Å². The summed E-state index contributed by atoms with van der Waals surface area (Å²) in [6.45, 7) is 0. The number of rotatable bonds is 2. The molecular weight excluding hydrogens is 518 g/mol. The van der Waals surface area contributed by atoms with Crippen LogP contribution in [0.3, 0.4) is 0 Å². The van der Waals surface area contributed by atoms with E-state index in [2.05, 4.69) is 118 Å². The van der Waals surface area contributed by atoms with Crippen LogP contribution in [0, 0.1) is 0 Å². The van der Waals surface area contributed by atoms with Gasteiger partial charge in [-0.1, -0.05) is 60.7 Å². The van der Waals surface area contributed by atoms with Crippen LogP contribution in [0.1, 0.15) is 0 Å². The molecule has 0 atom stereocenters.